The number of fused-ring (bicyclic) bond motifs is 1. The summed E-state index contributed by atoms with van der Waals surface area (Å²) in [7, 11) is 0. The lowest BCUT2D eigenvalue weighted by Crippen LogP contribution is -2.46. The first-order valence-corrected chi connectivity index (χ1v) is 12.5. The van der Waals surface area contributed by atoms with Crippen molar-refractivity contribution in [2.75, 3.05) is 13.1 Å². The predicted octanol–water partition coefficient (Wildman–Crippen LogP) is 5.33. The van der Waals surface area contributed by atoms with Crippen molar-refractivity contribution in [2.45, 2.75) is 58.2 Å². The number of carbonyl (C=O) groups is 1. The van der Waals surface area contributed by atoms with E-state index in [4.69, 9.17) is 20.9 Å². The topological polar surface area (TPSA) is 80.5 Å². The van der Waals surface area contributed by atoms with E-state index >= 15 is 0 Å². The Morgan fingerprint density at radius 3 is 2.83 bits per heavy atom. The van der Waals surface area contributed by atoms with E-state index in [2.05, 4.69) is 59.3 Å². The van der Waals surface area contributed by atoms with Crippen molar-refractivity contribution in [3.8, 4) is 17.1 Å². The van der Waals surface area contributed by atoms with Crippen LogP contribution in [-0.4, -0.2) is 39.6 Å². The zero-order valence-corrected chi connectivity index (χ0v) is 21.1. The van der Waals surface area contributed by atoms with E-state index in [9.17, 15) is 4.79 Å². The Bertz CT molecular complexity index is 1210. The maximum Gasteiger partial charge on any atom is 0.241 e. The lowest BCUT2D eigenvalue weighted by atomic mass is 9.88. The number of benzene rings is 2. The minimum absolute atomic E-state index is 0.0601. The molecule has 35 heavy (non-hydrogen) atoms. The second kappa shape index (κ2) is 9.63. The van der Waals surface area contributed by atoms with Gasteiger partial charge < -0.3 is 14.6 Å². The van der Waals surface area contributed by atoms with E-state index in [0.29, 0.717) is 29.8 Å². The molecular formula is C27H31ClN4O3. The number of nitrogens with zero attached hydrogens (tertiary/aromatic N) is 3. The fourth-order valence-electron chi connectivity index (χ4n) is 5.02. The van der Waals surface area contributed by atoms with E-state index in [-0.39, 0.29) is 23.5 Å². The smallest absolute Gasteiger partial charge is 0.241 e. The van der Waals surface area contributed by atoms with Crippen LogP contribution in [0.4, 0.5) is 0 Å². The second-order valence-electron chi connectivity index (χ2n) is 10.3. The van der Waals surface area contributed by atoms with Gasteiger partial charge in [0.05, 0.1) is 18.5 Å². The van der Waals surface area contributed by atoms with Crippen LogP contribution in [0.5, 0.6) is 5.75 Å². The molecule has 0 spiro atoms. The number of aromatic nitrogens is 2. The summed E-state index contributed by atoms with van der Waals surface area (Å²) in [5.74, 6) is 1.97. The van der Waals surface area contributed by atoms with Gasteiger partial charge in [-0.05, 0) is 76.1 Å². The molecule has 0 aliphatic carbocycles. The minimum Gasteiger partial charge on any atom is -0.487 e. The maximum atomic E-state index is 13.3. The first kappa shape index (κ1) is 23.8. The molecule has 2 unspecified atom stereocenters. The molecule has 3 heterocycles. The summed E-state index contributed by atoms with van der Waals surface area (Å²) in [5, 5.41) is 8.10. The zero-order valence-electron chi connectivity index (χ0n) is 20.4. The molecule has 1 amide bonds. The summed E-state index contributed by atoms with van der Waals surface area (Å²) in [6.07, 6.45) is 2.56. The highest BCUT2D eigenvalue weighted by Gasteiger charge is 2.36. The molecule has 2 aromatic carbocycles. The molecule has 5 rings (SSSR count). The van der Waals surface area contributed by atoms with Crippen molar-refractivity contribution in [1.29, 1.82) is 0 Å². The molecule has 2 atom stereocenters. The Hall–Kier alpha value is -2.90. The van der Waals surface area contributed by atoms with Gasteiger partial charge >= 0.3 is 0 Å². The second-order valence-corrected chi connectivity index (χ2v) is 10.7. The molecular weight excluding hydrogens is 464 g/mol. The summed E-state index contributed by atoms with van der Waals surface area (Å²) in [6.45, 7) is 8.28. The number of nitrogens with one attached hydrogen (secondary N) is 1. The Balaban J connectivity index is 1.23. The number of rotatable bonds is 5. The van der Waals surface area contributed by atoms with Crippen molar-refractivity contribution in [2.24, 2.45) is 5.92 Å². The van der Waals surface area contributed by atoms with Gasteiger partial charge in [-0.3, -0.25) is 9.69 Å². The highest BCUT2D eigenvalue weighted by molar-refractivity contribution is 6.30. The molecule has 1 saturated heterocycles. The summed E-state index contributed by atoms with van der Waals surface area (Å²) < 4.78 is 11.7. The zero-order chi connectivity index (χ0) is 24.6. The Morgan fingerprint density at radius 2 is 2.03 bits per heavy atom. The minimum atomic E-state index is -0.336. The molecule has 0 bridgehead atoms. The quantitative estimate of drug-likeness (QED) is 0.516. The van der Waals surface area contributed by atoms with E-state index in [1.165, 1.54) is 0 Å². The lowest BCUT2D eigenvalue weighted by Gasteiger charge is -2.39. The average molecular weight is 495 g/mol. The number of halogens is 1. The highest BCUT2D eigenvalue weighted by Crippen LogP contribution is 2.40. The fraction of sp³-hybridized carbons (Fsp3) is 0.444. The third-order valence-electron chi connectivity index (χ3n) is 6.75. The molecule has 1 fully saturated rings. The first-order valence-electron chi connectivity index (χ1n) is 12.2. The monoisotopic (exact) mass is 494 g/mol. The van der Waals surface area contributed by atoms with Crippen LogP contribution in [0.3, 0.4) is 0 Å². The van der Waals surface area contributed by atoms with E-state index in [1.807, 2.05) is 12.1 Å². The van der Waals surface area contributed by atoms with Crippen LogP contribution < -0.4 is 10.1 Å². The van der Waals surface area contributed by atoms with Crippen LogP contribution in [0, 0.1) is 12.8 Å². The van der Waals surface area contributed by atoms with Gasteiger partial charge in [-0.25, -0.2) is 0 Å². The average Bonchev–Trinajstić information content (AvgIpc) is 3.27. The number of hydrogen-bond donors (Lipinski definition) is 1. The molecule has 3 aromatic rings. The van der Waals surface area contributed by atoms with Crippen LogP contribution in [-0.2, 0) is 11.3 Å². The normalized spacial score (nSPS) is 21.7. The molecule has 184 valence electrons. The number of likely N-dealkylation sites (tertiary alicyclic amines) is 1. The van der Waals surface area contributed by atoms with Crippen molar-refractivity contribution in [1.82, 2.24) is 20.4 Å². The number of amides is 1. The number of carbonyl (C=O) groups excluding carboxylic acids is 1. The van der Waals surface area contributed by atoms with Crippen LogP contribution in [0.1, 0.15) is 56.2 Å². The van der Waals surface area contributed by atoms with Crippen molar-refractivity contribution in [3.05, 3.63) is 64.5 Å². The Labute approximate surface area is 210 Å². The van der Waals surface area contributed by atoms with E-state index in [1.54, 1.807) is 12.1 Å². The van der Waals surface area contributed by atoms with Crippen LogP contribution in [0.25, 0.3) is 11.4 Å². The highest BCUT2D eigenvalue weighted by atomic mass is 35.5. The summed E-state index contributed by atoms with van der Waals surface area (Å²) in [4.78, 5) is 20.1. The molecule has 0 radical (unpaired) electrons. The Morgan fingerprint density at radius 1 is 1.23 bits per heavy atom. The number of ether oxygens (including phenoxy) is 1. The summed E-state index contributed by atoms with van der Waals surface area (Å²) in [5.41, 5.74) is 2.72. The number of aryl methyl sites for hydroxylation is 1. The van der Waals surface area contributed by atoms with Gasteiger partial charge in [0, 0.05) is 29.1 Å². The first-order chi connectivity index (χ1) is 16.8. The van der Waals surface area contributed by atoms with Gasteiger partial charge in [0.15, 0.2) is 0 Å². The van der Waals surface area contributed by atoms with E-state index < -0.39 is 0 Å². The van der Waals surface area contributed by atoms with Gasteiger partial charge in [-0.2, -0.15) is 4.98 Å². The van der Waals surface area contributed by atoms with Gasteiger partial charge in [-0.15, -0.1) is 0 Å². The van der Waals surface area contributed by atoms with Crippen LogP contribution >= 0.6 is 11.6 Å². The van der Waals surface area contributed by atoms with Gasteiger partial charge in [0.25, 0.3) is 0 Å². The molecule has 8 heteroatoms. The number of hydrogen-bond acceptors (Lipinski definition) is 6. The molecule has 1 aromatic heterocycles. The Kier molecular flexibility index (Phi) is 6.55. The van der Waals surface area contributed by atoms with Gasteiger partial charge in [0.2, 0.25) is 17.6 Å². The van der Waals surface area contributed by atoms with Crippen LogP contribution in [0.2, 0.25) is 5.02 Å². The van der Waals surface area contributed by atoms with Gasteiger partial charge in [0.1, 0.15) is 11.4 Å². The standard InChI is InChI=1S/C27H31ClN4O3/c1-17-6-11-21-22(14-27(2,3)34-23(21)13-17)29-26(33)19-5-4-12-32(15-19)16-24-30-25(31-35-24)18-7-9-20(28)10-8-18/h6-11,13,19,22H,4-5,12,14-16H2,1-3H3,(H,29,33). The van der Waals surface area contributed by atoms with Crippen LogP contribution in [0.15, 0.2) is 47.0 Å². The van der Waals surface area contributed by atoms with Crippen molar-refractivity contribution >= 4 is 17.5 Å². The molecule has 7 nitrogen and oxygen atoms in total. The van der Waals surface area contributed by atoms with Crippen molar-refractivity contribution < 1.29 is 14.1 Å². The predicted molar refractivity (Wildman–Crippen MR) is 134 cm³/mol. The summed E-state index contributed by atoms with van der Waals surface area (Å²) in [6, 6.07) is 13.5. The van der Waals surface area contributed by atoms with Crippen molar-refractivity contribution in [3.63, 3.8) is 0 Å². The SMILES string of the molecule is Cc1ccc2c(c1)OC(C)(C)CC2NC(=O)C1CCCN(Cc2nc(-c3ccc(Cl)cc3)no2)C1. The lowest BCUT2D eigenvalue weighted by molar-refractivity contribution is -0.128. The maximum absolute atomic E-state index is 13.3. The summed E-state index contributed by atoms with van der Waals surface area (Å²) >= 11 is 5.97. The molecule has 0 saturated carbocycles. The van der Waals surface area contributed by atoms with Gasteiger partial charge in [-0.1, -0.05) is 28.9 Å². The third kappa shape index (κ3) is 5.52. The number of piperidine rings is 1. The molecule has 2 aliphatic rings. The third-order valence-corrected chi connectivity index (χ3v) is 7.00. The molecule has 1 N–H and O–H groups in total. The molecule has 2 aliphatic heterocycles. The largest absolute Gasteiger partial charge is 0.487 e. The fourth-order valence-corrected chi connectivity index (χ4v) is 5.14. The van der Waals surface area contributed by atoms with E-state index in [0.717, 1.165) is 48.2 Å².